The van der Waals surface area contributed by atoms with Crippen LogP contribution in [0.2, 0.25) is 0 Å². The highest BCUT2D eigenvalue weighted by atomic mass is 16.5. The highest BCUT2D eigenvalue weighted by molar-refractivity contribution is 6.01. The first-order valence-electron chi connectivity index (χ1n) is 15.9. The molecule has 6 aromatic rings. The number of hydrogen-bond acceptors (Lipinski definition) is 6. The number of nitrogens with zero attached hydrogens (tertiary/aromatic N) is 7. The lowest BCUT2D eigenvalue weighted by Crippen LogP contribution is -2.41. The molecule has 45 heavy (non-hydrogen) atoms. The molecule has 1 aliphatic heterocycles. The minimum atomic E-state index is 0.0144. The van der Waals surface area contributed by atoms with Crippen LogP contribution in [0.3, 0.4) is 0 Å². The van der Waals surface area contributed by atoms with E-state index in [-0.39, 0.29) is 18.0 Å². The summed E-state index contributed by atoms with van der Waals surface area (Å²) in [4.78, 5) is 20.9. The highest BCUT2D eigenvalue weighted by Gasteiger charge is 2.47. The molecule has 1 saturated heterocycles. The summed E-state index contributed by atoms with van der Waals surface area (Å²) in [6.07, 6.45) is 4.57. The zero-order valence-electron chi connectivity index (χ0n) is 25.8. The second kappa shape index (κ2) is 9.65. The first kappa shape index (κ1) is 26.7. The van der Waals surface area contributed by atoms with Gasteiger partial charge in [-0.05, 0) is 85.0 Å². The Morgan fingerprint density at radius 1 is 0.956 bits per heavy atom. The van der Waals surface area contributed by atoms with Crippen molar-refractivity contribution < 1.29 is 9.53 Å². The van der Waals surface area contributed by atoms with Crippen molar-refractivity contribution in [3.8, 4) is 28.4 Å². The average Bonchev–Trinajstić information content (AvgIpc) is 3.26. The summed E-state index contributed by atoms with van der Waals surface area (Å²) in [5.74, 6) is 2.58. The monoisotopic (exact) mass is 600 g/mol. The van der Waals surface area contributed by atoms with Crippen molar-refractivity contribution in [2.24, 2.45) is 31.7 Å². The SMILES string of the molecule is COc1cc(C(=O)N2CC3CCC2[C@@H]3N)cc2nc(-c3cc4ccc(-c5ccc6nnn(C)c6c5)cc4n3CC3CC3)n(C)c12. The number of hydrogen-bond donors (Lipinski definition) is 1. The van der Waals surface area contributed by atoms with E-state index in [1.807, 2.05) is 41.9 Å². The second-order valence-corrected chi connectivity index (χ2v) is 13.3. The zero-order valence-corrected chi connectivity index (χ0v) is 25.8. The third kappa shape index (κ3) is 4.04. The minimum absolute atomic E-state index is 0.0144. The topological polar surface area (TPSA) is 109 Å². The van der Waals surface area contributed by atoms with E-state index in [4.69, 9.17) is 15.5 Å². The Kier molecular flexibility index (Phi) is 5.72. The van der Waals surface area contributed by atoms with E-state index in [0.29, 0.717) is 23.1 Å². The van der Waals surface area contributed by atoms with Crippen molar-refractivity contribution >= 4 is 38.9 Å². The lowest BCUT2D eigenvalue weighted by Gasteiger charge is -2.27. The zero-order chi connectivity index (χ0) is 30.6. The molecule has 3 aliphatic rings. The van der Waals surface area contributed by atoms with E-state index in [9.17, 15) is 4.79 Å². The normalized spacial score (nSPS) is 21.2. The lowest BCUT2D eigenvalue weighted by atomic mass is 10.0. The van der Waals surface area contributed by atoms with Crippen molar-refractivity contribution in [1.29, 1.82) is 0 Å². The molecule has 3 aromatic heterocycles. The number of methoxy groups -OCH3 is 1. The molecule has 2 N–H and O–H groups in total. The van der Waals surface area contributed by atoms with E-state index >= 15 is 0 Å². The van der Waals surface area contributed by atoms with Crippen LogP contribution in [0, 0.1) is 11.8 Å². The lowest BCUT2D eigenvalue weighted by molar-refractivity contribution is 0.0700. The number of ether oxygens (including phenoxy) is 1. The molecule has 0 radical (unpaired) electrons. The predicted octanol–water partition coefficient (Wildman–Crippen LogP) is 5.12. The summed E-state index contributed by atoms with van der Waals surface area (Å²) in [6, 6.07) is 19.2. The molecule has 10 heteroatoms. The fourth-order valence-electron chi connectivity index (χ4n) is 7.85. The molecular formula is C35H36N8O2. The number of rotatable bonds is 6. The molecular weight excluding hydrogens is 564 g/mol. The maximum Gasteiger partial charge on any atom is 0.254 e. The van der Waals surface area contributed by atoms with Crippen molar-refractivity contribution in [2.75, 3.05) is 13.7 Å². The fraction of sp³-hybridized carbons (Fsp3) is 0.371. The van der Waals surface area contributed by atoms with Gasteiger partial charge in [0.25, 0.3) is 5.91 Å². The number of nitrogens with two attached hydrogens (primary N) is 1. The maximum atomic E-state index is 13.7. The minimum Gasteiger partial charge on any atom is -0.494 e. The molecule has 0 spiro atoms. The van der Waals surface area contributed by atoms with Crippen LogP contribution < -0.4 is 10.5 Å². The number of imidazole rings is 1. The number of aromatic nitrogens is 6. The van der Waals surface area contributed by atoms with Gasteiger partial charge >= 0.3 is 0 Å². The van der Waals surface area contributed by atoms with Crippen molar-refractivity contribution in [3.05, 3.63) is 60.2 Å². The Morgan fingerprint density at radius 3 is 2.49 bits per heavy atom. The molecule has 4 heterocycles. The molecule has 2 unspecified atom stereocenters. The van der Waals surface area contributed by atoms with Gasteiger partial charge in [0.15, 0.2) is 5.82 Å². The Morgan fingerprint density at radius 2 is 1.76 bits per heavy atom. The standard InChI is InChI=1S/C35H36N8O2/c1-40-33-26(12-24(16-31(33)45-3)35(44)43-18-23-9-11-27(43)32(23)36)37-34(40)30-15-22-7-6-20(13-28(22)42(30)17-19-4-5-19)21-8-10-25-29(14-21)41(2)39-38-25/h6-8,10,12-16,19,23,27,32H,4-5,9,11,17-18,36H2,1-3H3/t23?,27?,32-/m1/s1. The molecule has 10 nitrogen and oxygen atoms in total. The van der Waals surface area contributed by atoms with Crippen LogP contribution in [-0.4, -0.2) is 65.7 Å². The molecule has 3 aromatic carbocycles. The number of benzene rings is 3. The molecule has 9 rings (SSSR count). The fourth-order valence-corrected chi connectivity index (χ4v) is 7.85. The largest absolute Gasteiger partial charge is 0.494 e. The van der Waals surface area contributed by atoms with Crippen LogP contribution in [0.25, 0.3) is 55.6 Å². The van der Waals surface area contributed by atoms with Gasteiger partial charge in [0, 0.05) is 55.7 Å². The van der Waals surface area contributed by atoms with E-state index in [1.54, 1.807) is 7.11 Å². The number of aryl methyl sites for hydroxylation is 2. The van der Waals surface area contributed by atoms with Gasteiger partial charge in [0.1, 0.15) is 16.8 Å². The van der Waals surface area contributed by atoms with E-state index < -0.39 is 0 Å². The van der Waals surface area contributed by atoms with Crippen LogP contribution in [0.4, 0.5) is 0 Å². The van der Waals surface area contributed by atoms with E-state index in [0.717, 1.165) is 70.6 Å². The quantitative estimate of drug-likeness (QED) is 0.284. The van der Waals surface area contributed by atoms with Gasteiger partial charge in [-0.1, -0.05) is 23.4 Å². The number of piperidine rings is 1. The summed E-state index contributed by atoms with van der Waals surface area (Å²) in [7, 11) is 5.62. The number of carbonyl (C=O) groups is 1. The summed E-state index contributed by atoms with van der Waals surface area (Å²) < 4.78 is 12.2. The Labute approximate surface area is 260 Å². The van der Waals surface area contributed by atoms with Gasteiger partial charge in [-0.25, -0.2) is 9.67 Å². The Bertz CT molecular complexity index is 2170. The van der Waals surface area contributed by atoms with Crippen molar-refractivity contribution in [3.63, 3.8) is 0 Å². The molecule has 2 bridgehead atoms. The first-order chi connectivity index (χ1) is 21.9. The van der Waals surface area contributed by atoms with Crippen molar-refractivity contribution in [2.45, 2.75) is 44.3 Å². The molecule has 2 aliphatic carbocycles. The van der Waals surface area contributed by atoms with Crippen LogP contribution in [0.5, 0.6) is 5.75 Å². The number of likely N-dealkylation sites (tertiary alicyclic amines) is 1. The van der Waals surface area contributed by atoms with Gasteiger partial charge in [-0.3, -0.25) is 4.79 Å². The summed E-state index contributed by atoms with van der Waals surface area (Å²) in [5.41, 5.74) is 15.1. The third-order valence-corrected chi connectivity index (χ3v) is 10.5. The predicted molar refractivity (Wildman–Crippen MR) is 174 cm³/mol. The van der Waals surface area contributed by atoms with Crippen molar-refractivity contribution in [1.82, 2.24) is 34.0 Å². The Hall–Kier alpha value is -4.70. The van der Waals surface area contributed by atoms with E-state index in [2.05, 4.69) is 55.8 Å². The van der Waals surface area contributed by atoms with E-state index in [1.165, 1.54) is 23.7 Å². The third-order valence-electron chi connectivity index (χ3n) is 10.5. The number of amides is 1. The van der Waals surface area contributed by atoms with Crippen LogP contribution in [0.1, 0.15) is 36.0 Å². The average molecular weight is 601 g/mol. The van der Waals surface area contributed by atoms with Crippen LogP contribution in [-0.2, 0) is 20.6 Å². The molecule has 3 fully saturated rings. The second-order valence-electron chi connectivity index (χ2n) is 13.3. The van der Waals surface area contributed by atoms with Gasteiger partial charge < -0.3 is 24.5 Å². The van der Waals surface area contributed by atoms with Crippen LogP contribution >= 0.6 is 0 Å². The summed E-state index contributed by atoms with van der Waals surface area (Å²) >= 11 is 0. The smallest absolute Gasteiger partial charge is 0.254 e. The first-order valence-corrected chi connectivity index (χ1v) is 15.9. The van der Waals surface area contributed by atoms with Gasteiger partial charge in [0.05, 0.1) is 23.8 Å². The number of carbonyl (C=O) groups excluding carboxylic acids is 1. The maximum absolute atomic E-state index is 13.7. The van der Waals surface area contributed by atoms with Gasteiger partial charge in [-0.15, -0.1) is 5.10 Å². The van der Waals surface area contributed by atoms with Crippen LogP contribution in [0.15, 0.2) is 54.6 Å². The summed E-state index contributed by atoms with van der Waals surface area (Å²) in [5, 5.41) is 9.59. The molecule has 2 saturated carbocycles. The van der Waals surface area contributed by atoms with Gasteiger partial charge in [0.2, 0.25) is 0 Å². The molecule has 1 amide bonds. The highest BCUT2D eigenvalue weighted by Crippen LogP contribution is 2.41. The molecule has 3 atom stereocenters. The van der Waals surface area contributed by atoms with Gasteiger partial charge in [-0.2, -0.15) is 0 Å². The summed E-state index contributed by atoms with van der Waals surface area (Å²) in [6.45, 7) is 1.67. The Balaban J connectivity index is 1.16. The molecule has 228 valence electrons. The number of fused-ring (bicyclic) bond motifs is 5.